The molecule has 2 aromatic rings. The van der Waals surface area contributed by atoms with Crippen LogP contribution in [0.25, 0.3) is 0 Å². The van der Waals surface area contributed by atoms with Crippen LogP contribution in [0.15, 0.2) is 50.6 Å². The largest absolute Gasteiger partial charge is 0.331 e. The fraction of sp³-hybridized carbons (Fsp3) is 0.286. The first kappa shape index (κ1) is 14.7. The predicted octanol–water partition coefficient (Wildman–Crippen LogP) is 1.17. The molecule has 0 unspecified atom stereocenters. The molecular formula is C14H16BrN3O2. The van der Waals surface area contributed by atoms with E-state index in [1.807, 2.05) is 24.3 Å². The number of rotatable bonds is 5. The van der Waals surface area contributed by atoms with Crippen LogP contribution in [0.3, 0.4) is 0 Å². The standard InChI is InChI=1S/C14H16BrN3O2/c15-12-4-2-11(3-5-12)10-17-9-6-13(19)18(14(17)20)8-1-7-16/h2-6,9H,1,7-8,10,16H2. The Morgan fingerprint density at radius 2 is 1.80 bits per heavy atom. The second-order valence-corrected chi connectivity index (χ2v) is 5.40. The lowest BCUT2D eigenvalue weighted by Gasteiger charge is -2.09. The van der Waals surface area contributed by atoms with E-state index in [2.05, 4.69) is 15.9 Å². The molecule has 0 aliphatic carbocycles. The molecular weight excluding hydrogens is 322 g/mol. The third kappa shape index (κ3) is 3.46. The van der Waals surface area contributed by atoms with E-state index < -0.39 is 0 Å². The maximum absolute atomic E-state index is 12.2. The Morgan fingerprint density at radius 1 is 1.10 bits per heavy atom. The molecule has 0 bridgehead atoms. The number of hydrogen-bond donors (Lipinski definition) is 1. The van der Waals surface area contributed by atoms with E-state index >= 15 is 0 Å². The smallest absolute Gasteiger partial charge is 0.330 e. The summed E-state index contributed by atoms with van der Waals surface area (Å²) in [5, 5.41) is 0. The minimum absolute atomic E-state index is 0.282. The Hall–Kier alpha value is -1.66. The quantitative estimate of drug-likeness (QED) is 0.890. The summed E-state index contributed by atoms with van der Waals surface area (Å²) in [7, 11) is 0. The lowest BCUT2D eigenvalue weighted by molar-refractivity contribution is 0.554. The second-order valence-electron chi connectivity index (χ2n) is 4.48. The highest BCUT2D eigenvalue weighted by atomic mass is 79.9. The van der Waals surface area contributed by atoms with E-state index in [1.54, 1.807) is 0 Å². The van der Waals surface area contributed by atoms with E-state index in [0.717, 1.165) is 10.0 Å². The molecule has 0 saturated carbocycles. The van der Waals surface area contributed by atoms with Gasteiger partial charge in [-0.25, -0.2) is 4.79 Å². The van der Waals surface area contributed by atoms with Gasteiger partial charge >= 0.3 is 5.69 Å². The van der Waals surface area contributed by atoms with Crippen LogP contribution >= 0.6 is 15.9 Å². The Kier molecular flexibility index (Phi) is 4.92. The summed E-state index contributed by atoms with van der Waals surface area (Å²) < 4.78 is 3.74. The van der Waals surface area contributed by atoms with Crippen LogP contribution in [0.5, 0.6) is 0 Å². The van der Waals surface area contributed by atoms with Gasteiger partial charge in [-0.3, -0.25) is 13.9 Å². The number of benzene rings is 1. The van der Waals surface area contributed by atoms with Gasteiger partial charge in [-0.15, -0.1) is 0 Å². The van der Waals surface area contributed by atoms with Gasteiger partial charge in [0.15, 0.2) is 0 Å². The average molecular weight is 338 g/mol. The molecule has 1 heterocycles. The van der Waals surface area contributed by atoms with Crippen molar-refractivity contribution in [2.24, 2.45) is 5.73 Å². The van der Waals surface area contributed by atoms with Gasteiger partial charge in [-0.1, -0.05) is 28.1 Å². The highest BCUT2D eigenvalue weighted by molar-refractivity contribution is 9.10. The normalized spacial score (nSPS) is 10.7. The van der Waals surface area contributed by atoms with Gasteiger partial charge in [0.05, 0.1) is 6.54 Å². The lowest BCUT2D eigenvalue weighted by atomic mass is 10.2. The summed E-state index contributed by atoms with van der Waals surface area (Å²) in [5.41, 5.74) is 5.84. The van der Waals surface area contributed by atoms with Crippen LogP contribution in [-0.4, -0.2) is 15.7 Å². The second kappa shape index (κ2) is 6.67. The molecule has 0 radical (unpaired) electrons. The average Bonchev–Trinajstić information content (AvgIpc) is 2.44. The third-order valence-corrected chi connectivity index (χ3v) is 3.52. The lowest BCUT2D eigenvalue weighted by Crippen LogP contribution is -2.39. The van der Waals surface area contributed by atoms with Crippen LogP contribution in [-0.2, 0) is 13.1 Å². The summed E-state index contributed by atoms with van der Waals surface area (Å²) in [6, 6.07) is 9.13. The van der Waals surface area contributed by atoms with Crippen molar-refractivity contribution in [1.29, 1.82) is 0 Å². The number of hydrogen-bond acceptors (Lipinski definition) is 3. The molecule has 0 atom stereocenters. The van der Waals surface area contributed by atoms with Crippen molar-refractivity contribution in [2.45, 2.75) is 19.5 Å². The number of nitrogens with two attached hydrogens (primary N) is 1. The molecule has 1 aromatic carbocycles. The first-order valence-electron chi connectivity index (χ1n) is 6.36. The minimum Gasteiger partial charge on any atom is -0.330 e. The van der Waals surface area contributed by atoms with Crippen LogP contribution in [0.1, 0.15) is 12.0 Å². The predicted molar refractivity (Wildman–Crippen MR) is 81.9 cm³/mol. The van der Waals surface area contributed by atoms with Crippen molar-refractivity contribution >= 4 is 15.9 Å². The van der Waals surface area contributed by atoms with Gasteiger partial charge in [-0.2, -0.15) is 0 Å². The van der Waals surface area contributed by atoms with Gasteiger partial charge < -0.3 is 5.73 Å². The van der Waals surface area contributed by atoms with Crippen LogP contribution < -0.4 is 17.0 Å². The van der Waals surface area contributed by atoms with Gasteiger partial charge in [0.1, 0.15) is 0 Å². The maximum Gasteiger partial charge on any atom is 0.331 e. The maximum atomic E-state index is 12.2. The summed E-state index contributed by atoms with van der Waals surface area (Å²) >= 11 is 3.37. The highest BCUT2D eigenvalue weighted by Gasteiger charge is 2.05. The Labute approximate surface area is 124 Å². The first-order chi connectivity index (χ1) is 9.61. The van der Waals surface area contributed by atoms with Crippen molar-refractivity contribution < 1.29 is 0 Å². The van der Waals surface area contributed by atoms with Crippen molar-refractivity contribution in [3.05, 3.63) is 67.4 Å². The molecule has 0 amide bonds. The molecule has 0 fully saturated rings. The SMILES string of the molecule is NCCCn1c(=O)ccn(Cc2ccc(Br)cc2)c1=O. The van der Waals surface area contributed by atoms with Gasteiger partial charge in [0, 0.05) is 23.3 Å². The van der Waals surface area contributed by atoms with E-state index in [-0.39, 0.29) is 11.2 Å². The van der Waals surface area contributed by atoms with Crippen molar-refractivity contribution in [3.8, 4) is 0 Å². The molecule has 1 aromatic heterocycles. The molecule has 5 nitrogen and oxygen atoms in total. The molecule has 20 heavy (non-hydrogen) atoms. The van der Waals surface area contributed by atoms with Crippen molar-refractivity contribution in [1.82, 2.24) is 9.13 Å². The molecule has 0 saturated heterocycles. The van der Waals surface area contributed by atoms with E-state index in [4.69, 9.17) is 5.73 Å². The summed E-state index contributed by atoms with van der Waals surface area (Å²) in [5.74, 6) is 0. The molecule has 106 valence electrons. The Balaban J connectivity index is 2.31. The van der Waals surface area contributed by atoms with E-state index in [1.165, 1.54) is 21.4 Å². The van der Waals surface area contributed by atoms with Gasteiger partial charge in [0.25, 0.3) is 5.56 Å². The zero-order valence-corrected chi connectivity index (χ0v) is 12.5. The number of aromatic nitrogens is 2. The number of halogens is 1. The van der Waals surface area contributed by atoms with Crippen LogP contribution in [0.4, 0.5) is 0 Å². The van der Waals surface area contributed by atoms with Crippen LogP contribution in [0.2, 0.25) is 0 Å². The van der Waals surface area contributed by atoms with E-state index in [9.17, 15) is 9.59 Å². The molecule has 0 spiro atoms. The zero-order valence-electron chi connectivity index (χ0n) is 11.0. The molecule has 2 rings (SSSR count). The summed E-state index contributed by atoms with van der Waals surface area (Å²) in [6.07, 6.45) is 2.14. The molecule has 0 aliphatic heterocycles. The topological polar surface area (TPSA) is 70.0 Å². The van der Waals surface area contributed by atoms with Gasteiger partial charge in [0.2, 0.25) is 0 Å². The minimum atomic E-state index is -0.297. The fourth-order valence-corrected chi connectivity index (χ4v) is 2.18. The van der Waals surface area contributed by atoms with Crippen LogP contribution in [0, 0.1) is 0 Å². The van der Waals surface area contributed by atoms with Gasteiger partial charge in [-0.05, 0) is 30.7 Å². The highest BCUT2D eigenvalue weighted by Crippen LogP contribution is 2.10. The molecule has 0 aliphatic rings. The Bertz CT molecular complexity index is 689. The van der Waals surface area contributed by atoms with Crippen molar-refractivity contribution in [2.75, 3.05) is 6.54 Å². The van der Waals surface area contributed by atoms with Crippen molar-refractivity contribution in [3.63, 3.8) is 0 Å². The first-order valence-corrected chi connectivity index (χ1v) is 7.16. The van der Waals surface area contributed by atoms with E-state index in [0.29, 0.717) is 26.1 Å². The number of nitrogens with zero attached hydrogens (tertiary/aromatic N) is 2. The summed E-state index contributed by atoms with van der Waals surface area (Å²) in [6.45, 7) is 1.25. The fourth-order valence-electron chi connectivity index (χ4n) is 1.92. The molecule has 2 N–H and O–H groups in total. The Morgan fingerprint density at radius 3 is 2.45 bits per heavy atom. The summed E-state index contributed by atoms with van der Waals surface area (Å²) in [4.78, 5) is 23.9. The zero-order chi connectivity index (χ0) is 14.5. The monoisotopic (exact) mass is 337 g/mol. The molecule has 6 heteroatoms. The third-order valence-electron chi connectivity index (χ3n) is 2.99.